The molecule has 0 atom stereocenters. The van der Waals surface area contributed by atoms with Crippen LogP contribution in [-0.4, -0.2) is 38.5 Å². The standard InChI is InChI=1S/C17H15F2N5O2S/c1-2-26-15-6-4-3-5-14(15)24-17(21-22-23-24)27-10-16(25)20-13-8-11(18)7-12(19)9-13/h3-9H,2,10H2,1H3,(H,20,25). The third kappa shape index (κ3) is 4.79. The van der Waals surface area contributed by atoms with Crippen molar-refractivity contribution in [2.24, 2.45) is 0 Å². The fourth-order valence-electron chi connectivity index (χ4n) is 2.28. The number of anilines is 1. The molecular formula is C17H15F2N5O2S. The molecule has 0 fully saturated rings. The Kier molecular flexibility index (Phi) is 5.97. The number of thioether (sulfide) groups is 1. The molecule has 0 radical (unpaired) electrons. The van der Waals surface area contributed by atoms with Crippen LogP contribution in [0.25, 0.3) is 5.69 Å². The molecule has 10 heteroatoms. The van der Waals surface area contributed by atoms with E-state index >= 15 is 0 Å². The smallest absolute Gasteiger partial charge is 0.234 e. The quantitative estimate of drug-likeness (QED) is 0.624. The van der Waals surface area contributed by atoms with Gasteiger partial charge in [0.15, 0.2) is 0 Å². The fourth-order valence-corrected chi connectivity index (χ4v) is 2.97. The summed E-state index contributed by atoms with van der Waals surface area (Å²) in [6, 6.07) is 10.0. The highest BCUT2D eigenvalue weighted by Crippen LogP contribution is 2.26. The minimum Gasteiger partial charge on any atom is -0.492 e. The number of halogens is 2. The summed E-state index contributed by atoms with van der Waals surface area (Å²) in [4.78, 5) is 12.1. The highest BCUT2D eigenvalue weighted by Gasteiger charge is 2.15. The second-order valence-electron chi connectivity index (χ2n) is 5.27. The molecule has 0 unspecified atom stereocenters. The van der Waals surface area contributed by atoms with Crippen molar-refractivity contribution >= 4 is 23.4 Å². The van der Waals surface area contributed by atoms with Gasteiger partial charge in [-0.3, -0.25) is 4.79 Å². The van der Waals surface area contributed by atoms with Gasteiger partial charge in [-0.05, 0) is 41.6 Å². The molecule has 0 saturated heterocycles. The SMILES string of the molecule is CCOc1ccccc1-n1nnnc1SCC(=O)Nc1cc(F)cc(F)c1. The maximum atomic E-state index is 13.2. The van der Waals surface area contributed by atoms with Crippen LogP contribution in [0.3, 0.4) is 0 Å². The van der Waals surface area contributed by atoms with Crippen molar-refractivity contribution in [1.29, 1.82) is 0 Å². The average Bonchev–Trinajstić information content (AvgIpc) is 3.08. The minimum atomic E-state index is -0.769. The molecule has 0 saturated carbocycles. The molecule has 2 aromatic carbocycles. The van der Waals surface area contributed by atoms with Gasteiger partial charge in [0, 0.05) is 11.8 Å². The van der Waals surface area contributed by atoms with E-state index in [1.54, 1.807) is 12.1 Å². The minimum absolute atomic E-state index is 0.0411. The van der Waals surface area contributed by atoms with Gasteiger partial charge in [0.25, 0.3) is 0 Å². The van der Waals surface area contributed by atoms with Crippen molar-refractivity contribution in [3.05, 3.63) is 54.1 Å². The van der Waals surface area contributed by atoms with Crippen molar-refractivity contribution in [2.75, 3.05) is 17.7 Å². The maximum absolute atomic E-state index is 13.2. The Hall–Kier alpha value is -3.01. The lowest BCUT2D eigenvalue weighted by atomic mass is 10.3. The predicted octanol–water partition coefficient (Wildman–Crippen LogP) is 3.07. The molecule has 1 amide bonds. The zero-order chi connectivity index (χ0) is 19.2. The third-order valence-electron chi connectivity index (χ3n) is 3.31. The maximum Gasteiger partial charge on any atom is 0.234 e. The van der Waals surface area contributed by atoms with E-state index in [4.69, 9.17) is 4.74 Å². The first-order chi connectivity index (χ1) is 13.1. The van der Waals surface area contributed by atoms with Crippen molar-refractivity contribution in [2.45, 2.75) is 12.1 Å². The summed E-state index contributed by atoms with van der Waals surface area (Å²) >= 11 is 1.08. The number of rotatable bonds is 7. The third-order valence-corrected chi connectivity index (χ3v) is 4.23. The number of tetrazole rings is 1. The molecule has 1 aromatic heterocycles. The van der Waals surface area contributed by atoms with Gasteiger partial charge in [-0.1, -0.05) is 23.9 Å². The van der Waals surface area contributed by atoms with Crippen LogP contribution in [0.2, 0.25) is 0 Å². The van der Waals surface area contributed by atoms with Crippen LogP contribution >= 0.6 is 11.8 Å². The van der Waals surface area contributed by atoms with Crippen LogP contribution in [0, 0.1) is 11.6 Å². The van der Waals surface area contributed by atoms with Crippen LogP contribution in [-0.2, 0) is 4.79 Å². The lowest BCUT2D eigenvalue weighted by Gasteiger charge is -2.10. The summed E-state index contributed by atoms with van der Waals surface area (Å²) in [7, 11) is 0. The first-order valence-electron chi connectivity index (χ1n) is 7.96. The number of amides is 1. The summed E-state index contributed by atoms with van der Waals surface area (Å²) in [6.45, 7) is 2.35. The zero-order valence-electron chi connectivity index (χ0n) is 14.2. The first-order valence-corrected chi connectivity index (χ1v) is 8.94. The van der Waals surface area contributed by atoms with Gasteiger partial charge in [-0.25, -0.2) is 8.78 Å². The van der Waals surface area contributed by atoms with Gasteiger partial charge in [-0.2, -0.15) is 4.68 Å². The van der Waals surface area contributed by atoms with Crippen molar-refractivity contribution in [3.8, 4) is 11.4 Å². The zero-order valence-corrected chi connectivity index (χ0v) is 15.0. The van der Waals surface area contributed by atoms with Gasteiger partial charge < -0.3 is 10.1 Å². The number of hydrogen-bond acceptors (Lipinski definition) is 6. The van der Waals surface area contributed by atoms with Gasteiger partial charge >= 0.3 is 0 Å². The van der Waals surface area contributed by atoms with E-state index in [0.29, 0.717) is 23.2 Å². The molecule has 27 heavy (non-hydrogen) atoms. The summed E-state index contributed by atoms with van der Waals surface area (Å²) in [5.74, 6) is -1.43. The lowest BCUT2D eigenvalue weighted by Crippen LogP contribution is -2.15. The number of nitrogens with zero attached hydrogens (tertiary/aromatic N) is 4. The lowest BCUT2D eigenvalue weighted by molar-refractivity contribution is -0.113. The molecule has 0 aliphatic rings. The number of aromatic nitrogens is 4. The van der Waals surface area contributed by atoms with Crippen LogP contribution < -0.4 is 10.1 Å². The summed E-state index contributed by atoms with van der Waals surface area (Å²) < 4.78 is 33.4. The highest BCUT2D eigenvalue weighted by molar-refractivity contribution is 7.99. The van der Waals surface area contributed by atoms with Crippen molar-refractivity contribution in [1.82, 2.24) is 20.2 Å². The van der Waals surface area contributed by atoms with Crippen molar-refractivity contribution < 1.29 is 18.3 Å². The van der Waals surface area contributed by atoms with Crippen LogP contribution in [0.5, 0.6) is 5.75 Å². The Morgan fingerprint density at radius 1 is 1.22 bits per heavy atom. The molecular weight excluding hydrogens is 376 g/mol. The molecule has 3 rings (SSSR count). The predicted molar refractivity (Wildman–Crippen MR) is 96.0 cm³/mol. The van der Waals surface area contributed by atoms with E-state index < -0.39 is 17.5 Å². The average molecular weight is 391 g/mol. The topological polar surface area (TPSA) is 81.9 Å². The Morgan fingerprint density at radius 2 is 1.96 bits per heavy atom. The van der Waals surface area contributed by atoms with Gasteiger partial charge in [0.05, 0.1) is 12.4 Å². The normalized spacial score (nSPS) is 10.6. The number of carbonyl (C=O) groups excluding carboxylic acids is 1. The molecule has 7 nitrogen and oxygen atoms in total. The Labute approximate surface area is 157 Å². The van der Waals surface area contributed by atoms with E-state index in [2.05, 4.69) is 20.8 Å². The number of hydrogen-bond donors (Lipinski definition) is 1. The van der Waals surface area contributed by atoms with E-state index in [9.17, 15) is 13.6 Å². The van der Waals surface area contributed by atoms with Gasteiger partial charge in [-0.15, -0.1) is 5.10 Å². The van der Waals surface area contributed by atoms with E-state index in [1.807, 2.05) is 19.1 Å². The second-order valence-corrected chi connectivity index (χ2v) is 6.21. The molecule has 140 valence electrons. The Bertz CT molecular complexity index is 930. The number of nitrogens with one attached hydrogen (secondary N) is 1. The molecule has 3 aromatic rings. The summed E-state index contributed by atoms with van der Waals surface area (Å²) in [6.07, 6.45) is 0. The molecule has 1 N–H and O–H groups in total. The highest BCUT2D eigenvalue weighted by atomic mass is 32.2. The molecule has 0 aliphatic carbocycles. The van der Waals surface area contributed by atoms with Gasteiger partial charge in [0.2, 0.25) is 11.1 Å². The van der Waals surface area contributed by atoms with Gasteiger partial charge in [0.1, 0.15) is 23.1 Å². The number of para-hydroxylation sites is 2. The van der Waals surface area contributed by atoms with E-state index in [-0.39, 0.29) is 11.4 Å². The van der Waals surface area contributed by atoms with Crippen LogP contribution in [0.15, 0.2) is 47.6 Å². The largest absolute Gasteiger partial charge is 0.492 e. The molecule has 1 heterocycles. The molecule has 0 bridgehead atoms. The monoisotopic (exact) mass is 391 g/mol. The van der Waals surface area contributed by atoms with Crippen LogP contribution in [0.1, 0.15) is 6.92 Å². The number of ether oxygens (including phenoxy) is 1. The second kappa shape index (κ2) is 8.58. The van der Waals surface area contributed by atoms with E-state index in [1.165, 1.54) is 4.68 Å². The van der Waals surface area contributed by atoms with Crippen molar-refractivity contribution in [3.63, 3.8) is 0 Å². The first kappa shape index (κ1) is 18.8. The summed E-state index contributed by atoms with van der Waals surface area (Å²) in [5, 5.41) is 14.3. The van der Waals surface area contributed by atoms with E-state index in [0.717, 1.165) is 30.0 Å². The van der Waals surface area contributed by atoms with Crippen LogP contribution in [0.4, 0.5) is 14.5 Å². The summed E-state index contributed by atoms with van der Waals surface area (Å²) in [5.41, 5.74) is 0.679. The Morgan fingerprint density at radius 3 is 2.70 bits per heavy atom. The number of benzene rings is 2. The fraction of sp³-hybridized carbons (Fsp3) is 0.176. The Balaban J connectivity index is 1.69. The molecule has 0 spiro atoms. The number of carbonyl (C=O) groups is 1. The molecule has 0 aliphatic heterocycles.